The average Bonchev–Trinajstić information content (AvgIpc) is 3.62. The van der Waals surface area contributed by atoms with E-state index >= 15 is 0 Å². The third-order valence-corrected chi connectivity index (χ3v) is 7.08. The molecule has 0 bridgehead atoms. The van der Waals surface area contributed by atoms with E-state index in [1.807, 2.05) is 24.3 Å². The van der Waals surface area contributed by atoms with Crippen molar-refractivity contribution in [2.75, 3.05) is 13.1 Å². The summed E-state index contributed by atoms with van der Waals surface area (Å²) >= 11 is 0. The summed E-state index contributed by atoms with van der Waals surface area (Å²) in [5.41, 5.74) is 8.05. The molecular formula is C25H31N5O7. The molecule has 37 heavy (non-hydrogen) atoms. The van der Waals surface area contributed by atoms with Crippen LogP contribution >= 0.6 is 0 Å². The van der Waals surface area contributed by atoms with Gasteiger partial charge in [-0.2, -0.15) is 0 Å². The molecule has 1 aromatic carbocycles. The number of aliphatic carboxylic acids is 2. The second-order valence-corrected chi connectivity index (χ2v) is 9.55. The Kier molecular flexibility index (Phi) is 7.77. The number of hydrogen-bond donors (Lipinski definition) is 5. The fourth-order valence-electron chi connectivity index (χ4n) is 5.27. The number of hydrogen-bond acceptors (Lipinski definition) is 6. The molecule has 3 amide bonds. The number of fused-ring (bicyclic) bond motifs is 1. The van der Waals surface area contributed by atoms with Crippen molar-refractivity contribution in [3.8, 4) is 0 Å². The summed E-state index contributed by atoms with van der Waals surface area (Å²) in [7, 11) is 0. The number of carboxylic acid groups (broad SMARTS) is 2. The van der Waals surface area contributed by atoms with E-state index in [4.69, 9.17) is 5.73 Å². The lowest BCUT2D eigenvalue weighted by Crippen LogP contribution is -2.57. The molecule has 1 aromatic heterocycles. The quantitative estimate of drug-likeness (QED) is 0.311. The van der Waals surface area contributed by atoms with Gasteiger partial charge in [-0.1, -0.05) is 18.2 Å². The van der Waals surface area contributed by atoms with Crippen LogP contribution in [0.5, 0.6) is 0 Å². The van der Waals surface area contributed by atoms with Gasteiger partial charge >= 0.3 is 11.9 Å². The number of nitrogens with zero attached hydrogens (tertiary/aromatic N) is 2. The van der Waals surface area contributed by atoms with Crippen molar-refractivity contribution < 1.29 is 34.2 Å². The molecule has 6 N–H and O–H groups in total. The number of likely N-dealkylation sites (tertiary alicyclic amines) is 2. The molecule has 2 aliphatic rings. The number of nitrogens with one attached hydrogen (secondary N) is 2. The van der Waals surface area contributed by atoms with Crippen LogP contribution in [0.3, 0.4) is 0 Å². The number of carbonyl (C=O) groups is 5. The number of para-hydroxylation sites is 1. The van der Waals surface area contributed by atoms with Crippen molar-refractivity contribution in [2.45, 2.75) is 62.7 Å². The third kappa shape index (κ3) is 5.58. The maximum atomic E-state index is 13.2. The first-order valence-electron chi connectivity index (χ1n) is 12.3. The number of H-pyrrole nitrogens is 1. The maximum absolute atomic E-state index is 13.2. The lowest BCUT2D eigenvalue weighted by Gasteiger charge is -2.30. The molecule has 198 valence electrons. The third-order valence-electron chi connectivity index (χ3n) is 7.08. The van der Waals surface area contributed by atoms with Crippen LogP contribution in [0.25, 0.3) is 10.9 Å². The predicted molar refractivity (Wildman–Crippen MR) is 131 cm³/mol. The minimum Gasteiger partial charge on any atom is -0.481 e. The van der Waals surface area contributed by atoms with E-state index in [1.54, 1.807) is 6.20 Å². The van der Waals surface area contributed by atoms with Gasteiger partial charge in [-0.15, -0.1) is 0 Å². The van der Waals surface area contributed by atoms with Gasteiger partial charge in [-0.3, -0.25) is 19.2 Å². The molecule has 0 spiro atoms. The highest BCUT2D eigenvalue weighted by Gasteiger charge is 2.41. The topological polar surface area (TPSA) is 186 Å². The van der Waals surface area contributed by atoms with Gasteiger partial charge in [0.2, 0.25) is 17.7 Å². The number of carboxylic acids is 2. The van der Waals surface area contributed by atoms with Crippen LogP contribution in [0.1, 0.15) is 37.7 Å². The predicted octanol–water partition coefficient (Wildman–Crippen LogP) is 0.0638. The second kappa shape index (κ2) is 11.0. The highest BCUT2D eigenvalue weighted by molar-refractivity contribution is 5.96. The number of benzene rings is 1. The summed E-state index contributed by atoms with van der Waals surface area (Å²) in [6, 6.07) is 3.33. The first kappa shape index (κ1) is 26.1. The van der Waals surface area contributed by atoms with Gasteiger partial charge in [-0.25, -0.2) is 4.79 Å². The minimum atomic E-state index is -1.44. The van der Waals surface area contributed by atoms with Gasteiger partial charge in [-0.05, 0) is 43.7 Å². The highest BCUT2D eigenvalue weighted by Crippen LogP contribution is 2.23. The van der Waals surface area contributed by atoms with E-state index in [1.165, 1.54) is 4.90 Å². The smallest absolute Gasteiger partial charge is 0.326 e. The molecule has 0 saturated carbocycles. The summed E-state index contributed by atoms with van der Waals surface area (Å²) in [6.07, 6.45) is 2.98. The summed E-state index contributed by atoms with van der Waals surface area (Å²) in [6.45, 7) is 0.474. The van der Waals surface area contributed by atoms with Crippen LogP contribution in [0.4, 0.5) is 0 Å². The number of rotatable bonds is 9. The Labute approximate surface area is 212 Å². The van der Waals surface area contributed by atoms with E-state index in [0.717, 1.165) is 21.4 Å². The van der Waals surface area contributed by atoms with Crippen LogP contribution < -0.4 is 11.1 Å². The zero-order valence-electron chi connectivity index (χ0n) is 20.3. The monoisotopic (exact) mass is 513 g/mol. The molecule has 12 nitrogen and oxygen atoms in total. The molecule has 2 aliphatic heterocycles. The first-order valence-corrected chi connectivity index (χ1v) is 12.3. The van der Waals surface area contributed by atoms with Crippen molar-refractivity contribution in [1.82, 2.24) is 20.1 Å². The van der Waals surface area contributed by atoms with Crippen molar-refractivity contribution in [3.63, 3.8) is 0 Å². The van der Waals surface area contributed by atoms with Gasteiger partial charge < -0.3 is 36.0 Å². The fraction of sp³-hybridized carbons (Fsp3) is 0.480. The standard InChI is InChI=1S/C25H31N5O7/c26-16(11-14-13-27-17-6-2-1-5-15(14)17)23(34)29-9-3-7-19(29)22(33)28-18(12-21(31)32)24(35)30-10-4-8-20(30)25(36)37/h1-2,5-6,13,16,18-20,27H,3-4,7-12,26H2,(H,28,33)(H,31,32)(H,36,37). The van der Waals surface area contributed by atoms with E-state index < -0.39 is 60.2 Å². The molecule has 2 fully saturated rings. The molecule has 4 unspecified atom stereocenters. The Balaban J connectivity index is 1.44. The zero-order valence-corrected chi connectivity index (χ0v) is 20.3. The molecule has 2 saturated heterocycles. The normalized spacial score (nSPS) is 21.1. The molecule has 12 heteroatoms. The second-order valence-electron chi connectivity index (χ2n) is 9.55. The number of amides is 3. The van der Waals surface area contributed by atoms with Crippen molar-refractivity contribution >= 4 is 40.6 Å². The molecule has 4 atom stereocenters. The number of aromatic amines is 1. The fourth-order valence-corrected chi connectivity index (χ4v) is 5.27. The van der Waals surface area contributed by atoms with Gasteiger partial charge in [0.1, 0.15) is 18.1 Å². The zero-order chi connectivity index (χ0) is 26.7. The van der Waals surface area contributed by atoms with Crippen LogP contribution in [-0.2, 0) is 30.4 Å². The SMILES string of the molecule is NC(Cc1c[nH]c2ccccc12)C(=O)N1CCCC1C(=O)NC(CC(=O)O)C(=O)N1CCCC1C(=O)O. The van der Waals surface area contributed by atoms with Gasteiger partial charge in [0.05, 0.1) is 12.5 Å². The first-order chi connectivity index (χ1) is 17.7. The van der Waals surface area contributed by atoms with Crippen molar-refractivity contribution in [1.29, 1.82) is 0 Å². The van der Waals surface area contributed by atoms with Crippen molar-refractivity contribution in [3.05, 3.63) is 36.0 Å². The molecule has 4 rings (SSSR count). The van der Waals surface area contributed by atoms with E-state index in [-0.39, 0.29) is 19.4 Å². The Hall–Kier alpha value is -3.93. The Bertz CT molecular complexity index is 1210. The number of aromatic nitrogens is 1. The van der Waals surface area contributed by atoms with Gasteiger partial charge in [0, 0.05) is 30.2 Å². The van der Waals surface area contributed by atoms with Crippen LogP contribution in [0, 0.1) is 0 Å². The summed E-state index contributed by atoms with van der Waals surface area (Å²) in [4.78, 5) is 68.0. The van der Waals surface area contributed by atoms with Crippen LogP contribution in [0.15, 0.2) is 30.5 Å². The molecule has 2 aromatic rings. The summed E-state index contributed by atoms with van der Waals surface area (Å²) < 4.78 is 0. The average molecular weight is 514 g/mol. The number of nitrogens with two attached hydrogens (primary N) is 1. The highest BCUT2D eigenvalue weighted by atomic mass is 16.4. The van der Waals surface area contributed by atoms with Crippen LogP contribution in [-0.4, -0.2) is 91.9 Å². The van der Waals surface area contributed by atoms with Gasteiger partial charge in [0.15, 0.2) is 0 Å². The molecular weight excluding hydrogens is 482 g/mol. The lowest BCUT2D eigenvalue weighted by atomic mass is 10.0. The van der Waals surface area contributed by atoms with Crippen LogP contribution in [0.2, 0.25) is 0 Å². The number of carbonyl (C=O) groups excluding carboxylic acids is 3. The Morgan fingerprint density at radius 2 is 1.65 bits per heavy atom. The Morgan fingerprint density at radius 1 is 1.00 bits per heavy atom. The largest absolute Gasteiger partial charge is 0.481 e. The summed E-state index contributed by atoms with van der Waals surface area (Å²) in [5.74, 6) is -4.31. The maximum Gasteiger partial charge on any atom is 0.326 e. The summed E-state index contributed by atoms with van der Waals surface area (Å²) in [5, 5.41) is 22.1. The van der Waals surface area contributed by atoms with E-state index in [2.05, 4.69) is 10.3 Å². The van der Waals surface area contributed by atoms with E-state index in [0.29, 0.717) is 25.8 Å². The Morgan fingerprint density at radius 3 is 2.32 bits per heavy atom. The van der Waals surface area contributed by atoms with Crippen molar-refractivity contribution in [2.24, 2.45) is 5.73 Å². The van der Waals surface area contributed by atoms with Gasteiger partial charge in [0.25, 0.3) is 0 Å². The lowest BCUT2D eigenvalue weighted by molar-refractivity contribution is -0.151. The molecule has 0 aliphatic carbocycles. The van der Waals surface area contributed by atoms with E-state index in [9.17, 15) is 34.2 Å². The molecule has 0 radical (unpaired) electrons. The molecule has 3 heterocycles. The minimum absolute atomic E-state index is 0.165.